The molecule has 1 spiro atoms. The Bertz CT molecular complexity index is 1200. The molecule has 2 saturated heterocycles. The minimum absolute atomic E-state index is 0.250. The van der Waals surface area contributed by atoms with E-state index in [0.29, 0.717) is 30.4 Å². The predicted octanol–water partition coefficient (Wildman–Crippen LogP) is 3.35. The van der Waals surface area contributed by atoms with E-state index in [-0.39, 0.29) is 5.92 Å². The molecule has 2 amide bonds. The molecule has 1 atom stereocenters. The number of carbonyl (C=O) groups is 1. The first kappa shape index (κ1) is 22.6. The quantitative estimate of drug-likeness (QED) is 0.510. The van der Waals surface area contributed by atoms with E-state index in [0.717, 1.165) is 35.2 Å². The summed E-state index contributed by atoms with van der Waals surface area (Å²) < 4.78 is 7.74. The third-order valence-electron chi connectivity index (χ3n) is 7.40. The zero-order chi connectivity index (χ0) is 23.9. The minimum atomic E-state index is -0.628. The molecule has 34 heavy (non-hydrogen) atoms. The number of aromatic nitrogens is 2. The molecule has 5 rings (SSSR count). The van der Waals surface area contributed by atoms with Gasteiger partial charge >= 0.3 is 6.03 Å². The maximum atomic E-state index is 11.4. The second-order valence-corrected chi connectivity index (χ2v) is 10.2. The number of likely N-dealkylation sites (tertiary alicyclic amines) is 1. The highest BCUT2D eigenvalue weighted by molar-refractivity contribution is 5.98. The molecule has 8 nitrogen and oxygen atoms in total. The van der Waals surface area contributed by atoms with Crippen molar-refractivity contribution in [3.8, 4) is 12.3 Å². The number of hydrogen-bond donors (Lipinski definition) is 2. The number of fused-ring (bicyclic) bond motifs is 1. The Hall–Kier alpha value is -3.15. The Kier molecular flexibility index (Phi) is 5.92. The summed E-state index contributed by atoms with van der Waals surface area (Å²) in [4.78, 5) is 23.2. The fourth-order valence-electron chi connectivity index (χ4n) is 5.89. The molecule has 2 aromatic heterocycles. The molecule has 3 fully saturated rings. The number of amides is 2. The third-order valence-corrected chi connectivity index (χ3v) is 7.40. The van der Waals surface area contributed by atoms with Crippen LogP contribution in [0.25, 0.3) is 10.9 Å². The van der Waals surface area contributed by atoms with Gasteiger partial charge in [-0.25, -0.2) is 9.78 Å². The number of aliphatic imine (C=N–C) groups is 1. The number of rotatable bonds is 6. The molecule has 1 aliphatic carbocycles. The lowest BCUT2D eigenvalue weighted by Gasteiger charge is -2.58. The summed E-state index contributed by atoms with van der Waals surface area (Å²) in [6.07, 6.45) is 15.0. The van der Waals surface area contributed by atoms with Crippen LogP contribution in [-0.4, -0.2) is 59.5 Å². The summed E-state index contributed by atoms with van der Waals surface area (Å²) in [5.74, 6) is 3.90. The van der Waals surface area contributed by atoms with Gasteiger partial charge in [-0.2, -0.15) is 0 Å². The first-order valence-electron chi connectivity index (χ1n) is 11.9. The van der Waals surface area contributed by atoms with Crippen LogP contribution in [0.3, 0.4) is 0 Å². The second-order valence-electron chi connectivity index (χ2n) is 10.2. The fourth-order valence-corrected chi connectivity index (χ4v) is 5.89. The number of allylic oxidation sites excluding steroid dienone is 2. The largest absolute Gasteiger partial charge is 0.381 e. The molecule has 4 heterocycles. The topological polar surface area (TPSA) is 97.8 Å². The van der Waals surface area contributed by atoms with Crippen LogP contribution in [0.4, 0.5) is 10.6 Å². The van der Waals surface area contributed by atoms with E-state index in [1.165, 1.54) is 31.5 Å². The van der Waals surface area contributed by atoms with Crippen LogP contribution in [0, 0.1) is 23.7 Å². The number of ether oxygens (including phenoxy) is 1. The van der Waals surface area contributed by atoms with E-state index in [9.17, 15) is 4.79 Å². The lowest BCUT2D eigenvalue weighted by Crippen LogP contribution is -2.59. The number of nitrogens with two attached hydrogens (primary N) is 1. The summed E-state index contributed by atoms with van der Waals surface area (Å²) in [5.41, 5.74) is 9.94. The lowest BCUT2D eigenvalue weighted by molar-refractivity contribution is -0.0581. The van der Waals surface area contributed by atoms with Crippen LogP contribution in [0.15, 0.2) is 35.1 Å². The molecule has 1 saturated carbocycles. The van der Waals surface area contributed by atoms with Gasteiger partial charge < -0.3 is 19.9 Å². The summed E-state index contributed by atoms with van der Waals surface area (Å²) in [6, 6.07) is 1.25. The molecule has 8 heteroatoms. The maximum absolute atomic E-state index is 11.4. The highest BCUT2D eigenvalue weighted by Gasteiger charge is 2.51. The normalized spacial score (nSPS) is 23.0. The Morgan fingerprint density at radius 1 is 1.47 bits per heavy atom. The van der Waals surface area contributed by atoms with E-state index >= 15 is 0 Å². The van der Waals surface area contributed by atoms with Crippen molar-refractivity contribution >= 4 is 28.5 Å². The van der Waals surface area contributed by atoms with Crippen LogP contribution < -0.4 is 11.1 Å². The van der Waals surface area contributed by atoms with E-state index in [4.69, 9.17) is 21.9 Å². The molecule has 0 radical (unpaired) electrons. The van der Waals surface area contributed by atoms with Crippen molar-refractivity contribution in [3.05, 3.63) is 35.7 Å². The van der Waals surface area contributed by atoms with Gasteiger partial charge in [-0.15, -0.1) is 6.42 Å². The Morgan fingerprint density at radius 3 is 2.91 bits per heavy atom. The number of nitrogens with zero attached hydrogens (tertiary/aromatic N) is 4. The third kappa shape index (κ3) is 4.33. The SMILES string of the molecule is C#C/C(C)=C\C(=N/Cn1cc(C2CC3(C2)CN(C)C3)c2cnc(NC(N)=O)cc21)C1CCOC1. The average Bonchev–Trinajstić information content (AvgIpc) is 3.40. The smallest absolute Gasteiger partial charge is 0.317 e. The van der Waals surface area contributed by atoms with E-state index in [2.05, 4.69) is 38.9 Å². The van der Waals surface area contributed by atoms with Gasteiger partial charge in [0.15, 0.2) is 0 Å². The molecule has 2 aliphatic heterocycles. The van der Waals surface area contributed by atoms with Gasteiger partial charge in [0, 0.05) is 60.7 Å². The first-order chi connectivity index (χ1) is 16.4. The second kappa shape index (κ2) is 8.90. The standard InChI is InChI=1S/C26H32N6O2/c1-4-17(2)7-22(18-5-6-34-13-18)29-16-32-12-21(19-9-26(10-19)14-31(3)15-26)20-11-28-24(8-23(20)32)30-25(27)33/h1,7-8,11-12,18-19H,5-6,9-10,13-16H2,2-3H3,(H3,27,28,30,33)/b17-7-,29-22+. The number of urea groups is 1. The van der Waals surface area contributed by atoms with E-state index in [1.807, 2.05) is 25.3 Å². The molecule has 178 valence electrons. The maximum Gasteiger partial charge on any atom is 0.317 e. The number of primary amides is 1. The van der Waals surface area contributed by atoms with Gasteiger partial charge in [0.1, 0.15) is 12.5 Å². The van der Waals surface area contributed by atoms with Crippen molar-refractivity contribution in [1.82, 2.24) is 14.5 Å². The molecule has 1 unspecified atom stereocenters. The van der Waals surface area contributed by atoms with E-state index in [1.54, 1.807) is 0 Å². The van der Waals surface area contributed by atoms with Crippen LogP contribution in [-0.2, 0) is 11.4 Å². The highest BCUT2D eigenvalue weighted by Crippen LogP contribution is 2.56. The Balaban J connectivity index is 1.47. The monoisotopic (exact) mass is 460 g/mol. The molecule has 3 N–H and O–H groups in total. The van der Waals surface area contributed by atoms with E-state index < -0.39 is 6.03 Å². The number of anilines is 1. The minimum Gasteiger partial charge on any atom is -0.381 e. The average molecular weight is 461 g/mol. The molecule has 3 aliphatic rings. The van der Waals surface area contributed by atoms with Crippen molar-refractivity contribution in [3.63, 3.8) is 0 Å². The van der Waals surface area contributed by atoms with Gasteiger partial charge in [0.2, 0.25) is 0 Å². The number of hydrogen-bond acceptors (Lipinski definition) is 5. The Morgan fingerprint density at radius 2 is 2.26 bits per heavy atom. The molecular formula is C26H32N6O2. The van der Waals surface area contributed by atoms with Crippen molar-refractivity contribution in [2.45, 2.75) is 38.8 Å². The zero-order valence-corrected chi connectivity index (χ0v) is 19.9. The van der Waals surface area contributed by atoms with Crippen LogP contribution in [0.1, 0.15) is 37.7 Å². The molecular weight excluding hydrogens is 428 g/mol. The Labute approximate surface area is 200 Å². The van der Waals surface area contributed by atoms with Gasteiger partial charge in [0.05, 0.1) is 12.1 Å². The number of terminal acetylenes is 1. The molecule has 2 aromatic rings. The van der Waals surface area contributed by atoms with Gasteiger partial charge in [-0.05, 0) is 56.2 Å². The van der Waals surface area contributed by atoms with Crippen molar-refractivity contribution in [2.24, 2.45) is 22.1 Å². The van der Waals surface area contributed by atoms with Crippen LogP contribution in [0.5, 0.6) is 0 Å². The lowest BCUT2D eigenvalue weighted by atomic mass is 9.56. The fraction of sp³-hybridized carbons (Fsp3) is 0.500. The van der Waals surface area contributed by atoms with Crippen molar-refractivity contribution < 1.29 is 9.53 Å². The van der Waals surface area contributed by atoms with Gasteiger partial charge in [-0.3, -0.25) is 10.3 Å². The van der Waals surface area contributed by atoms with Crippen LogP contribution >= 0.6 is 0 Å². The molecule has 0 aromatic carbocycles. The summed E-state index contributed by atoms with van der Waals surface area (Å²) in [7, 11) is 2.18. The number of nitrogens with one attached hydrogen (secondary N) is 1. The van der Waals surface area contributed by atoms with Crippen molar-refractivity contribution in [1.29, 1.82) is 0 Å². The summed E-state index contributed by atoms with van der Waals surface area (Å²) >= 11 is 0. The van der Waals surface area contributed by atoms with Gasteiger partial charge in [0.25, 0.3) is 0 Å². The highest BCUT2D eigenvalue weighted by atomic mass is 16.5. The van der Waals surface area contributed by atoms with Crippen molar-refractivity contribution in [2.75, 3.05) is 38.7 Å². The summed E-state index contributed by atoms with van der Waals surface area (Å²) in [6.45, 7) is 6.16. The first-order valence-corrected chi connectivity index (χ1v) is 11.9. The van der Waals surface area contributed by atoms with Crippen LogP contribution in [0.2, 0.25) is 0 Å². The summed E-state index contributed by atoms with van der Waals surface area (Å²) in [5, 5.41) is 3.71. The molecule has 0 bridgehead atoms. The predicted molar refractivity (Wildman–Crippen MR) is 134 cm³/mol. The zero-order valence-electron chi connectivity index (χ0n) is 19.9. The van der Waals surface area contributed by atoms with Gasteiger partial charge in [-0.1, -0.05) is 5.92 Å². The number of carbonyl (C=O) groups excluding carboxylic acids is 1. The number of pyridine rings is 1.